The van der Waals surface area contributed by atoms with Crippen molar-refractivity contribution in [3.05, 3.63) is 33.9 Å². The van der Waals surface area contributed by atoms with Crippen LogP contribution in [0.15, 0.2) is 18.2 Å². The van der Waals surface area contributed by atoms with Gasteiger partial charge in [-0.15, -0.1) is 0 Å². The topological polar surface area (TPSA) is 64.8 Å². The van der Waals surface area contributed by atoms with Crippen molar-refractivity contribution >= 4 is 11.4 Å². The van der Waals surface area contributed by atoms with Crippen LogP contribution < -0.4 is 4.90 Å². The number of ether oxygens (including phenoxy) is 2. The zero-order chi connectivity index (χ0) is 14.2. The van der Waals surface area contributed by atoms with Crippen molar-refractivity contribution in [2.75, 3.05) is 31.2 Å². The van der Waals surface area contributed by atoms with Crippen LogP contribution in [0.3, 0.4) is 0 Å². The molecule has 6 nitrogen and oxygen atoms in total. The third-order valence-electron chi connectivity index (χ3n) is 3.90. The highest BCUT2D eigenvalue weighted by Gasteiger charge is 2.41. The van der Waals surface area contributed by atoms with Gasteiger partial charge in [-0.3, -0.25) is 10.1 Å². The monoisotopic (exact) mass is 278 g/mol. The normalized spacial score (nSPS) is 21.4. The minimum absolute atomic E-state index is 0.153. The van der Waals surface area contributed by atoms with Gasteiger partial charge in [0.05, 0.1) is 24.7 Å². The Balaban J connectivity index is 1.90. The van der Waals surface area contributed by atoms with Gasteiger partial charge in [0, 0.05) is 19.0 Å². The van der Waals surface area contributed by atoms with Crippen molar-refractivity contribution in [1.82, 2.24) is 0 Å². The average Bonchev–Trinajstić information content (AvgIpc) is 2.86. The summed E-state index contributed by atoms with van der Waals surface area (Å²) >= 11 is 0. The number of piperidine rings is 1. The van der Waals surface area contributed by atoms with Crippen LogP contribution in [-0.4, -0.2) is 37.0 Å². The van der Waals surface area contributed by atoms with Crippen LogP contribution in [0.5, 0.6) is 0 Å². The van der Waals surface area contributed by atoms with Crippen molar-refractivity contribution in [3.8, 4) is 0 Å². The lowest BCUT2D eigenvalue weighted by atomic mass is 10.0. The van der Waals surface area contributed by atoms with Crippen LogP contribution in [0, 0.1) is 17.0 Å². The average molecular weight is 278 g/mol. The highest BCUT2D eigenvalue weighted by atomic mass is 16.7. The summed E-state index contributed by atoms with van der Waals surface area (Å²) in [5, 5.41) is 11.2. The van der Waals surface area contributed by atoms with E-state index in [9.17, 15) is 10.1 Å². The van der Waals surface area contributed by atoms with Crippen molar-refractivity contribution in [1.29, 1.82) is 0 Å². The molecule has 1 aromatic rings. The molecule has 1 spiro atoms. The first-order valence-electron chi connectivity index (χ1n) is 6.88. The van der Waals surface area contributed by atoms with Crippen molar-refractivity contribution < 1.29 is 14.4 Å². The van der Waals surface area contributed by atoms with Crippen LogP contribution in [0.1, 0.15) is 18.4 Å². The maximum Gasteiger partial charge on any atom is 0.292 e. The Kier molecular flexibility index (Phi) is 3.35. The minimum atomic E-state index is -0.572. The number of hydrogen-bond donors (Lipinski definition) is 0. The van der Waals surface area contributed by atoms with Crippen LogP contribution >= 0.6 is 0 Å². The molecule has 0 amide bonds. The lowest BCUT2D eigenvalue weighted by molar-refractivity contribution is -0.384. The van der Waals surface area contributed by atoms with E-state index in [4.69, 9.17) is 9.47 Å². The standard InChI is InChI=1S/C14H18N2O4/c1-11-3-4-12(13(9-11)16(17)18)15-6-2-5-14(10-15)19-7-8-20-14/h3-4,9H,2,5-8,10H2,1H3. The molecule has 2 saturated heterocycles. The lowest BCUT2D eigenvalue weighted by Gasteiger charge is -2.39. The number of aryl methyl sites for hydroxylation is 1. The maximum absolute atomic E-state index is 11.2. The minimum Gasteiger partial charge on any atom is -0.361 e. The summed E-state index contributed by atoms with van der Waals surface area (Å²) in [7, 11) is 0. The molecule has 0 saturated carbocycles. The molecule has 20 heavy (non-hydrogen) atoms. The summed E-state index contributed by atoms with van der Waals surface area (Å²) in [6.45, 7) is 4.40. The molecule has 0 N–H and O–H groups in total. The predicted molar refractivity (Wildman–Crippen MR) is 73.9 cm³/mol. The molecule has 6 heteroatoms. The second kappa shape index (κ2) is 5.03. The van der Waals surface area contributed by atoms with Gasteiger partial charge in [-0.2, -0.15) is 0 Å². The lowest BCUT2D eigenvalue weighted by Crippen LogP contribution is -2.49. The molecule has 0 aromatic heterocycles. The van der Waals surface area contributed by atoms with E-state index in [0.717, 1.165) is 24.9 Å². The van der Waals surface area contributed by atoms with Crippen molar-refractivity contribution in [3.63, 3.8) is 0 Å². The van der Waals surface area contributed by atoms with E-state index in [1.807, 2.05) is 24.0 Å². The Hall–Kier alpha value is -1.66. The van der Waals surface area contributed by atoms with E-state index in [1.54, 1.807) is 6.07 Å². The van der Waals surface area contributed by atoms with Gasteiger partial charge in [0.25, 0.3) is 5.69 Å². The Morgan fingerprint density at radius 3 is 2.80 bits per heavy atom. The molecule has 1 aromatic carbocycles. The molecule has 0 unspecified atom stereocenters. The number of nitrogens with zero attached hydrogens (tertiary/aromatic N) is 2. The number of hydrogen-bond acceptors (Lipinski definition) is 5. The highest BCUT2D eigenvalue weighted by molar-refractivity contribution is 5.64. The molecule has 0 bridgehead atoms. The predicted octanol–water partition coefficient (Wildman–Crippen LogP) is 2.25. The molecular weight excluding hydrogens is 260 g/mol. The zero-order valence-electron chi connectivity index (χ0n) is 11.5. The maximum atomic E-state index is 11.2. The Bertz CT molecular complexity index is 526. The number of anilines is 1. The van der Waals surface area contributed by atoms with Gasteiger partial charge in [-0.1, -0.05) is 6.07 Å². The molecule has 2 heterocycles. The summed E-state index contributed by atoms with van der Waals surface area (Å²) in [5.74, 6) is -0.572. The fourth-order valence-electron chi connectivity index (χ4n) is 2.97. The molecule has 108 valence electrons. The highest BCUT2D eigenvalue weighted by Crippen LogP contribution is 2.36. The molecule has 2 aliphatic rings. The third-order valence-corrected chi connectivity index (χ3v) is 3.90. The number of nitro benzene ring substituents is 1. The van der Waals surface area contributed by atoms with Crippen molar-refractivity contribution in [2.24, 2.45) is 0 Å². The van der Waals surface area contributed by atoms with Crippen LogP contribution in [0.2, 0.25) is 0 Å². The number of nitro groups is 1. The molecule has 2 fully saturated rings. The van der Waals surface area contributed by atoms with E-state index in [-0.39, 0.29) is 10.6 Å². The van der Waals surface area contributed by atoms with Crippen LogP contribution in [0.4, 0.5) is 11.4 Å². The Morgan fingerprint density at radius 1 is 1.35 bits per heavy atom. The summed E-state index contributed by atoms with van der Waals surface area (Å²) in [6, 6.07) is 5.34. The second-order valence-corrected chi connectivity index (χ2v) is 5.38. The summed E-state index contributed by atoms with van der Waals surface area (Å²) in [4.78, 5) is 12.9. The van der Waals surface area contributed by atoms with Gasteiger partial charge >= 0.3 is 0 Å². The zero-order valence-corrected chi connectivity index (χ0v) is 11.5. The van der Waals surface area contributed by atoms with E-state index in [2.05, 4.69) is 0 Å². The molecule has 0 aliphatic carbocycles. The fourth-order valence-corrected chi connectivity index (χ4v) is 2.97. The van der Waals surface area contributed by atoms with Crippen LogP contribution in [-0.2, 0) is 9.47 Å². The first-order valence-corrected chi connectivity index (χ1v) is 6.88. The third kappa shape index (κ3) is 2.36. The van der Waals surface area contributed by atoms with Gasteiger partial charge in [0.2, 0.25) is 0 Å². The molecule has 0 radical (unpaired) electrons. The molecule has 2 aliphatic heterocycles. The molecular formula is C14H18N2O4. The number of rotatable bonds is 2. The van der Waals surface area contributed by atoms with Gasteiger partial charge in [0.1, 0.15) is 5.69 Å². The first-order chi connectivity index (χ1) is 9.60. The Labute approximate surface area is 117 Å². The summed E-state index contributed by atoms with van der Waals surface area (Å²) in [5.41, 5.74) is 1.69. The Morgan fingerprint density at radius 2 is 2.10 bits per heavy atom. The second-order valence-electron chi connectivity index (χ2n) is 5.38. The van der Waals surface area contributed by atoms with E-state index < -0.39 is 5.79 Å². The first kappa shape index (κ1) is 13.3. The van der Waals surface area contributed by atoms with Crippen LogP contribution in [0.25, 0.3) is 0 Å². The molecule has 0 atom stereocenters. The van der Waals surface area contributed by atoms with Crippen molar-refractivity contribution in [2.45, 2.75) is 25.6 Å². The quantitative estimate of drug-likeness (QED) is 0.613. The van der Waals surface area contributed by atoms with Gasteiger partial charge < -0.3 is 14.4 Å². The van der Waals surface area contributed by atoms with E-state index >= 15 is 0 Å². The SMILES string of the molecule is Cc1ccc(N2CCCC3(C2)OCCO3)c([N+](=O)[O-])c1. The van der Waals surface area contributed by atoms with E-state index in [0.29, 0.717) is 25.4 Å². The fraction of sp³-hybridized carbons (Fsp3) is 0.571. The largest absolute Gasteiger partial charge is 0.361 e. The van der Waals surface area contributed by atoms with Gasteiger partial charge in [-0.25, -0.2) is 0 Å². The smallest absolute Gasteiger partial charge is 0.292 e. The van der Waals surface area contributed by atoms with E-state index in [1.165, 1.54) is 0 Å². The number of benzene rings is 1. The summed E-state index contributed by atoms with van der Waals surface area (Å²) in [6.07, 6.45) is 1.76. The molecule has 3 rings (SSSR count). The van der Waals surface area contributed by atoms with Gasteiger partial charge in [0.15, 0.2) is 5.79 Å². The summed E-state index contributed by atoms with van der Waals surface area (Å²) < 4.78 is 11.4. The van der Waals surface area contributed by atoms with Gasteiger partial charge in [-0.05, 0) is 25.0 Å².